The summed E-state index contributed by atoms with van der Waals surface area (Å²) in [6.07, 6.45) is 3.32. The summed E-state index contributed by atoms with van der Waals surface area (Å²) in [4.78, 5) is 39.3. The van der Waals surface area contributed by atoms with E-state index in [1.165, 1.54) is 4.90 Å². The Labute approximate surface area is 153 Å². The second-order valence-corrected chi connectivity index (χ2v) is 7.56. The fraction of sp³-hybridized carbons (Fsp3) is 0.824. The molecule has 4 aliphatic heterocycles. The van der Waals surface area contributed by atoms with Crippen molar-refractivity contribution in [3.8, 4) is 0 Å². The number of amides is 3. The van der Waals surface area contributed by atoms with Gasteiger partial charge in [0.2, 0.25) is 17.7 Å². The van der Waals surface area contributed by atoms with Gasteiger partial charge >= 0.3 is 0 Å². The van der Waals surface area contributed by atoms with Gasteiger partial charge in [0.25, 0.3) is 0 Å². The number of nitrogens with one attached hydrogen (secondary N) is 2. The third kappa shape index (κ3) is 2.86. The number of hydrogen-bond acceptors (Lipinski definition) is 5. The summed E-state index contributed by atoms with van der Waals surface area (Å²) in [7, 11) is 0. The molecule has 4 aliphatic rings. The van der Waals surface area contributed by atoms with E-state index in [0.29, 0.717) is 0 Å². The Bertz CT molecular complexity index is 558. The SMILES string of the molecule is CC1NCCCC1NC(=O)C(C)N1C(=O)C2C3CCC(O3)C2C1=O.Cl. The van der Waals surface area contributed by atoms with Crippen molar-refractivity contribution < 1.29 is 19.1 Å². The van der Waals surface area contributed by atoms with Crippen LogP contribution in [0, 0.1) is 11.8 Å². The van der Waals surface area contributed by atoms with E-state index in [2.05, 4.69) is 10.6 Å². The van der Waals surface area contributed by atoms with E-state index in [0.717, 1.165) is 32.2 Å². The number of piperidine rings is 1. The molecule has 0 aromatic rings. The molecule has 140 valence electrons. The molecule has 0 radical (unpaired) electrons. The standard InChI is InChI=1S/C17H25N3O4.ClH/c1-8-10(4-3-7-18-8)19-15(21)9(2)20-16(22)13-11-5-6-12(24-11)14(13)17(20)23;/h8-14,18H,3-7H2,1-2H3,(H,19,21);1H. The number of likely N-dealkylation sites (tertiary alicyclic amines) is 1. The van der Waals surface area contributed by atoms with Gasteiger partial charge in [-0.05, 0) is 46.1 Å². The highest BCUT2D eigenvalue weighted by molar-refractivity contribution is 6.09. The smallest absolute Gasteiger partial charge is 0.243 e. The molecule has 2 N–H and O–H groups in total. The zero-order valence-electron chi connectivity index (χ0n) is 14.6. The largest absolute Gasteiger partial charge is 0.373 e. The van der Waals surface area contributed by atoms with Crippen LogP contribution in [0.4, 0.5) is 0 Å². The van der Waals surface area contributed by atoms with E-state index in [1.54, 1.807) is 6.92 Å². The Morgan fingerprint density at radius 1 is 1.20 bits per heavy atom. The van der Waals surface area contributed by atoms with Gasteiger partial charge in [0, 0.05) is 12.1 Å². The zero-order chi connectivity index (χ0) is 17.0. The van der Waals surface area contributed by atoms with Gasteiger partial charge < -0.3 is 15.4 Å². The first kappa shape index (κ1) is 18.6. The van der Waals surface area contributed by atoms with Crippen molar-refractivity contribution in [2.75, 3.05) is 6.54 Å². The minimum Gasteiger partial charge on any atom is -0.373 e. The number of nitrogens with zero attached hydrogens (tertiary/aromatic N) is 1. The van der Waals surface area contributed by atoms with E-state index in [-0.39, 0.29) is 66.3 Å². The molecule has 0 aliphatic carbocycles. The molecular weight excluding hydrogens is 346 g/mol. The molecule has 25 heavy (non-hydrogen) atoms. The van der Waals surface area contributed by atoms with Gasteiger partial charge in [-0.1, -0.05) is 0 Å². The Kier molecular flexibility index (Phi) is 5.10. The number of rotatable bonds is 3. The molecule has 7 atom stereocenters. The van der Waals surface area contributed by atoms with Crippen molar-refractivity contribution in [1.82, 2.24) is 15.5 Å². The highest BCUT2D eigenvalue weighted by Gasteiger charge is 2.63. The maximum Gasteiger partial charge on any atom is 0.243 e. The molecule has 0 saturated carbocycles. The Morgan fingerprint density at radius 2 is 1.80 bits per heavy atom. The van der Waals surface area contributed by atoms with Crippen LogP contribution in [0.3, 0.4) is 0 Å². The summed E-state index contributed by atoms with van der Waals surface area (Å²) in [5.41, 5.74) is 0. The van der Waals surface area contributed by atoms with Crippen LogP contribution in [0.15, 0.2) is 0 Å². The molecule has 2 bridgehead atoms. The van der Waals surface area contributed by atoms with Crippen LogP contribution in [0.5, 0.6) is 0 Å². The van der Waals surface area contributed by atoms with Crippen molar-refractivity contribution in [2.45, 2.75) is 69.9 Å². The lowest BCUT2D eigenvalue weighted by Crippen LogP contribution is -2.57. The molecule has 4 rings (SSSR count). The lowest BCUT2D eigenvalue weighted by molar-refractivity contribution is -0.149. The maximum absolute atomic E-state index is 12.7. The molecule has 4 fully saturated rings. The summed E-state index contributed by atoms with van der Waals surface area (Å²) in [6.45, 7) is 4.65. The number of carbonyl (C=O) groups excluding carboxylic acids is 3. The number of imide groups is 1. The zero-order valence-corrected chi connectivity index (χ0v) is 15.4. The highest BCUT2D eigenvalue weighted by Crippen LogP contribution is 2.48. The molecule has 8 heteroatoms. The van der Waals surface area contributed by atoms with Gasteiger partial charge in [-0.25, -0.2) is 0 Å². The molecule has 0 aromatic heterocycles. The van der Waals surface area contributed by atoms with E-state index in [9.17, 15) is 14.4 Å². The minimum atomic E-state index is -0.760. The van der Waals surface area contributed by atoms with Gasteiger partial charge in [-0.2, -0.15) is 0 Å². The van der Waals surface area contributed by atoms with Crippen LogP contribution in [0.25, 0.3) is 0 Å². The first-order chi connectivity index (χ1) is 11.5. The maximum atomic E-state index is 12.7. The third-order valence-electron chi connectivity index (χ3n) is 6.17. The lowest BCUT2D eigenvalue weighted by atomic mass is 9.81. The Hall–Kier alpha value is -1.18. The fourth-order valence-corrected chi connectivity index (χ4v) is 4.78. The lowest BCUT2D eigenvalue weighted by Gasteiger charge is -2.32. The van der Waals surface area contributed by atoms with Gasteiger partial charge in [0.05, 0.1) is 24.0 Å². The molecule has 3 amide bonds. The van der Waals surface area contributed by atoms with E-state index >= 15 is 0 Å². The number of halogens is 1. The second-order valence-electron chi connectivity index (χ2n) is 7.56. The first-order valence-electron chi connectivity index (χ1n) is 9.05. The number of ether oxygens (including phenoxy) is 1. The average Bonchev–Trinajstić information content (AvgIpc) is 3.23. The summed E-state index contributed by atoms with van der Waals surface area (Å²) >= 11 is 0. The van der Waals surface area contributed by atoms with E-state index < -0.39 is 6.04 Å². The predicted molar refractivity (Wildman–Crippen MR) is 92.1 cm³/mol. The summed E-state index contributed by atoms with van der Waals surface area (Å²) in [6, 6.07) is -0.520. The number of carbonyl (C=O) groups is 3. The summed E-state index contributed by atoms with van der Waals surface area (Å²) < 4.78 is 5.73. The minimum absolute atomic E-state index is 0. The highest BCUT2D eigenvalue weighted by atomic mass is 35.5. The van der Waals surface area contributed by atoms with Gasteiger partial charge in [0.1, 0.15) is 6.04 Å². The van der Waals surface area contributed by atoms with Crippen LogP contribution >= 0.6 is 12.4 Å². The summed E-state index contributed by atoms with van der Waals surface area (Å²) in [5, 5.41) is 6.35. The molecule has 7 unspecified atom stereocenters. The predicted octanol–water partition coefficient (Wildman–Crippen LogP) is 0.216. The Balaban J connectivity index is 0.00000182. The van der Waals surface area contributed by atoms with Crippen molar-refractivity contribution >= 4 is 30.1 Å². The van der Waals surface area contributed by atoms with Crippen LogP contribution in [0.2, 0.25) is 0 Å². The molecule has 4 saturated heterocycles. The Morgan fingerprint density at radius 3 is 2.36 bits per heavy atom. The number of hydrogen-bond donors (Lipinski definition) is 2. The quantitative estimate of drug-likeness (QED) is 0.693. The fourth-order valence-electron chi connectivity index (χ4n) is 4.78. The molecular formula is C17H26ClN3O4. The molecule has 0 spiro atoms. The van der Waals surface area contributed by atoms with Crippen LogP contribution in [0.1, 0.15) is 39.5 Å². The molecule has 4 heterocycles. The summed E-state index contributed by atoms with van der Waals surface area (Å²) in [5.74, 6) is -1.45. The van der Waals surface area contributed by atoms with Crippen molar-refractivity contribution in [3.63, 3.8) is 0 Å². The normalized spacial score (nSPS) is 40.6. The topological polar surface area (TPSA) is 87.7 Å². The van der Waals surface area contributed by atoms with Crippen LogP contribution in [-0.4, -0.2) is 59.5 Å². The van der Waals surface area contributed by atoms with Crippen molar-refractivity contribution in [3.05, 3.63) is 0 Å². The van der Waals surface area contributed by atoms with Crippen molar-refractivity contribution in [2.24, 2.45) is 11.8 Å². The second kappa shape index (κ2) is 6.85. The van der Waals surface area contributed by atoms with Crippen LogP contribution < -0.4 is 10.6 Å². The monoisotopic (exact) mass is 371 g/mol. The first-order valence-corrected chi connectivity index (χ1v) is 9.05. The molecule has 0 aromatic carbocycles. The molecule has 7 nitrogen and oxygen atoms in total. The average molecular weight is 372 g/mol. The van der Waals surface area contributed by atoms with E-state index in [4.69, 9.17) is 4.74 Å². The third-order valence-corrected chi connectivity index (χ3v) is 6.17. The van der Waals surface area contributed by atoms with Crippen LogP contribution in [-0.2, 0) is 19.1 Å². The van der Waals surface area contributed by atoms with Gasteiger partial charge in [0.15, 0.2) is 0 Å². The van der Waals surface area contributed by atoms with Crippen molar-refractivity contribution in [1.29, 1.82) is 0 Å². The number of fused-ring (bicyclic) bond motifs is 5. The van der Waals surface area contributed by atoms with E-state index in [1.807, 2.05) is 6.92 Å². The van der Waals surface area contributed by atoms with Gasteiger partial charge in [-0.3, -0.25) is 19.3 Å². The van der Waals surface area contributed by atoms with Gasteiger partial charge in [-0.15, -0.1) is 12.4 Å².